The summed E-state index contributed by atoms with van der Waals surface area (Å²) in [5, 5.41) is 10.6. The van der Waals surface area contributed by atoms with Crippen LogP contribution in [0.1, 0.15) is 38.3 Å². The third-order valence-corrected chi connectivity index (χ3v) is 5.59. The van der Waals surface area contributed by atoms with Crippen molar-refractivity contribution in [2.75, 3.05) is 18.0 Å². The number of carbonyl (C=O) groups is 1. The van der Waals surface area contributed by atoms with Crippen molar-refractivity contribution in [1.29, 1.82) is 0 Å². The summed E-state index contributed by atoms with van der Waals surface area (Å²) in [5.74, 6) is 0. The molecule has 29 heavy (non-hydrogen) atoms. The number of anilines is 2. The van der Waals surface area contributed by atoms with Gasteiger partial charge >= 0.3 is 6.09 Å². The number of ether oxygens (including phenoxy) is 1. The van der Waals surface area contributed by atoms with Gasteiger partial charge in [0, 0.05) is 17.9 Å². The Bertz CT molecular complexity index is 842. The molecule has 1 saturated heterocycles. The number of piperidine rings is 1. The Balaban J connectivity index is 1.70. The molecule has 2 aromatic carbocycles. The van der Waals surface area contributed by atoms with E-state index in [4.69, 9.17) is 4.74 Å². The number of para-hydroxylation sites is 2. The lowest BCUT2D eigenvalue weighted by atomic mass is 9.99. The van der Waals surface area contributed by atoms with E-state index in [1.807, 2.05) is 20.8 Å². The maximum Gasteiger partial charge on any atom is 0.410 e. The molecule has 154 valence electrons. The summed E-state index contributed by atoms with van der Waals surface area (Å²) in [6, 6.07) is 16.9. The summed E-state index contributed by atoms with van der Waals surface area (Å²) >= 11 is 0. The smallest absolute Gasteiger partial charge is 0.410 e. The average Bonchev–Trinajstić information content (AvgIpc) is 2.83. The Morgan fingerprint density at radius 2 is 1.52 bits per heavy atom. The van der Waals surface area contributed by atoms with E-state index in [0.29, 0.717) is 19.5 Å². The highest BCUT2D eigenvalue weighted by molar-refractivity contribution is 5.73. The van der Waals surface area contributed by atoms with Crippen LogP contribution in [-0.2, 0) is 17.6 Å². The number of aryl methyl sites for hydroxylation is 2. The maximum absolute atomic E-state index is 12.7. The molecule has 1 amide bonds. The minimum absolute atomic E-state index is 0.0216. The molecule has 2 aliphatic heterocycles. The lowest BCUT2D eigenvalue weighted by Gasteiger charge is -2.43. The van der Waals surface area contributed by atoms with Gasteiger partial charge in [-0.3, -0.25) is 0 Å². The van der Waals surface area contributed by atoms with E-state index in [9.17, 15) is 9.90 Å². The zero-order valence-electron chi connectivity index (χ0n) is 17.5. The molecular formula is C24H30N2O3. The molecule has 2 atom stereocenters. The van der Waals surface area contributed by atoms with Crippen molar-refractivity contribution >= 4 is 17.5 Å². The van der Waals surface area contributed by atoms with Crippen molar-refractivity contribution < 1.29 is 14.6 Å². The molecule has 1 unspecified atom stereocenters. The second kappa shape index (κ2) is 7.71. The van der Waals surface area contributed by atoms with Gasteiger partial charge in [0.05, 0.1) is 18.7 Å². The number of fused-ring (bicyclic) bond motifs is 2. The van der Waals surface area contributed by atoms with E-state index in [-0.39, 0.29) is 12.1 Å². The van der Waals surface area contributed by atoms with E-state index in [1.54, 1.807) is 4.90 Å². The SMILES string of the molecule is CC(C)(C)OC(=O)N1CC(N2c3ccccc3CCc3ccccc32)C[C@@H](O)C1. The van der Waals surface area contributed by atoms with Gasteiger partial charge in [0.15, 0.2) is 0 Å². The van der Waals surface area contributed by atoms with Crippen LogP contribution in [0.5, 0.6) is 0 Å². The Morgan fingerprint density at radius 1 is 0.966 bits per heavy atom. The molecular weight excluding hydrogens is 364 g/mol. The van der Waals surface area contributed by atoms with Crippen LogP contribution in [0.2, 0.25) is 0 Å². The van der Waals surface area contributed by atoms with Crippen LogP contribution in [0, 0.1) is 0 Å². The topological polar surface area (TPSA) is 53.0 Å². The molecule has 2 aromatic rings. The Hall–Kier alpha value is -2.53. The van der Waals surface area contributed by atoms with Crippen LogP contribution in [-0.4, -0.2) is 46.9 Å². The van der Waals surface area contributed by atoms with E-state index in [2.05, 4.69) is 53.4 Å². The van der Waals surface area contributed by atoms with Gasteiger partial charge in [-0.15, -0.1) is 0 Å². The summed E-state index contributed by atoms with van der Waals surface area (Å²) in [6.45, 7) is 6.43. The third-order valence-electron chi connectivity index (χ3n) is 5.59. The van der Waals surface area contributed by atoms with Crippen molar-refractivity contribution in [3.63, 3.8) is 0 Å². The predicted molar refractivity (Wildman–Crippen MR) is 115 cm³/mol. The molecule has 0 spiro atoms. The number of rotatable bonds is 1. The van der Waals surface area contributed by atoms with Crippen LogP contribution in [0.25, 0.3) is 0 Å². The number of aliphatic hydroxyl groups is 1. The first-order valence-electron chi connectivity index (χ1n) is 10.4. The fraction of sp³-hybridized carbons (Fsp3) is 0.458. The second-order valence-electron chi connectivity index (χ2n) is 9.06. The number of carbonyl (C=O) groups excluding carboxylic acids is 1. The predicted octanol–water partition coefficient (Wildman–Crippen LogP) is 4.29. The molecule has 0 saturated carbocycles. The van der Waals surface area contributed by atoms with Gasteiger partial charge in [-0.2, -0.15) is 0 Å². The van der Waals surface area contributed by atoms with E-state index in [1.165, 1.54) is 22.5 Å². The minimum Gasteiger partial charge on any atom is -0.444 e. The molecule has 2 aliphatic rings. The fourth-order valence-corrected chi connectivity index (χ4v) is 4.42. The highest BCUT2D eigenvalue weighted by atomic mass is 16.6. The van der Waals surface area contributed by atoms with E-state index < -0.39 is 11.7 Å². The lowest BCUT2D eigenvalue weighted by molar-refractivity contribution is 0.000534. The lowest BCUT2D eigenvalue weighted by Crippen LogP contribution is -2.54. The van der Waals surface area contributed by atoms with Crippen molar-refractivity contribution in [3.05, 3.63) is 59.7 Å². The van der Waals surface area contributed by atoms with E-state index >= 15 is 0 Å². The van der Waals surface area contributed by atoms with Crippen LogP contribution in [0.3, 0.4) is 0 Å². The molecule has 1 fully saturated rings. The van der Waals surface area contributed by atoms with Crippen molar-refractivity contribution in [2.45, 2.75) is 57.8 Å². The second-order valence-corrected chi connectivity index (χ2v) is 9.06. The molecule has 5 heteroatoms. The number of likely N-dealkylation sites (tertiary alicyclic amines) is 1. The monoisotopic (exact) mass is 394 g/mol. The number of amides is 1. The summed E-state index contributed by atoms with van der Waals surface area (Å²) in [6.07, 6.45) is 1.63. The largest absolute Gasteiger partial charge is 0.444 e. The fourth-order valence-electron chi connectivity index (χ4n) is 4.42. The first kappa shape index (κ1) is 19.8. The van der Waals surface area contributed by atoms with Crippen LogP contribution < -0.4 is 4.90 Å². The number of benzene rings is 2. The van der Waals surface area contributed by atoms with Gasteiger partial charge in [0.25, 0.3) is 0 Å². The summed E-state index contributed by atoms with van der Waals surface area (Å²) in [5.41, 5.74) is 4.37. The average molecular weight is 395 g/mol. The van der Waals surface area contributed by atoms with Gasteiger partial charge in [-0.05, 0) is 63.3 Å². The molecule has 5 nitrogen and oxygen atoms in total. The van der Waals surface area contributed by atoms with Crippen molar-refractivity contribution in [1.82, 2.24) is 4.90 Å². The quantitative estimate of drug-likeness (QED) is 0.784. The summed E-state index contributed by atoms with van der Waals surface area (Å²) in [7, 11) is 0. The Labute approximate surface area is 172 Å². The molecule has 4 rings (SSSR count). The van der Waals surface area contributed by atoms with Crippen LogP contribution in [0.4, 0.5) is 16.2 Å². The summed E-state index contributed by atoms with van der Waals surface area (Å²) in [4.78, 5) is 16.7. The number of nitrogens with zero attached hydrogens (tertiary/aromatic N) is 2. The molecule has 1 N–H and O–H groups in total. The first-order chi connectivity index (χ1) is 13.8. The zero-order valence-corrected chi connectivity index (χ0v) is 17.5. The van der Waals surface area contributed by atoms with Gasteiger partial charge in [-0.25, -0.2) is 4.79 Å². The maximum atomic E-state index is 12.7. The number of aliphatic hydroxyl groups excluding tert-OH is 1. The molecule has 0 radical (unpaired) electrons. The number of hydrogen-bond acceptors (Lipinski definition) is 4. The van der Waals surface area contributed by atoms with Gasteiger partial charge in [0.2, 0.25) is 0 Å². The molecule has 0 aromatic heterocycles. The minimum atomic E-state index is -0.580. The first-order valence-corrected chi connectivity index (χ1v) is 10.4. The van der Waals surface area contributed by atoms with Crippen molar-refractivity contribution in [3.8, 4) is 0 Å². The van der Waals surface area contributed by atoms with Gasteiger partial charge in [0.1, 0.15) is 5.60 Å². The zero-order chi connectivity index (χ0) is 20.6. The van der Waals surface area contributed by atoms with Crippen LogP contribution >= 0.6 is 0 Å². The third kappa shape index (κ3) is 4.25. The van der Waals surface area contributed by atoms with E-state index in [0.717, 1.165) is 12.8 Å². The van der Waals surface area contributed by atoms with Crippen molar-refractivity contribution in [2.24, 2.45) is 0 Å². The highest BCUT2D eigenvalue weighted by Crippen LogP contribution is 2.39. The normalized spacial score (nSPS) is 21.8. The highest BCUT2D eigenvalue weighted by Gasteiger charge is 2.36. The standard InChI is InChI=1S/C24H30N2O3/c1-24(2,3)29-23(28)25-15-19(14-20(27)16-25)26-21-10-6-4-8-17(21)12-13-18-9-5-7-11-22(18)26/h4-11,19-20,27H,12-16H2,1-3H3/t19?,20-/m1/s1. The summed E-state index contributed by atoms with van der Waals surface area (Å²) < 4.78 is 5.58. The Morgan fingerprint density at radius 3 is 2.07 bits per heavy atom. The number of β-amino-alcohol motifs (C(OH)–C–C–N with tert-alkyl or cyclic N) is 1. The molecule has 2 heterocycles. The Kier molecular flexibility index (Phi) is 5.26. The van der Waals surface area contributed by atoms with Crippen LogP contribution in [0.15, 0.2) is 48.5 Å². The molecule has 0 aliphatic carbocycles. The van der Waals surface area contributed by atoms with Gasteiger partial charge < -0.3 is 19.6 Å². The van der Waals surface area contributed by atoms with Gasteiger partial charge in [-0.1, -0.05) is 36.4 Å². The number of hydrogen-bond donors (Lipinski definition) is 1. The molecule has 0 bridgehead atoms.